The van der Waals surface area contributed by atoms with Crippen molar-refractivity contribution in [1.82, 2.24) is 0 Å². The molecule has 6 unspecified atom stereocenters. The number of ether oxygens (including phenoxy) is 2. The molecule has 0 aliphatic heterocycles. The summed E-state index contributed by atoms with van der Waals surface area (Å²) in [5, 5.41) is 0. The maximum absolute atomic E-state index is 12.1. The third-order valence-corrected chi connectivity index (χ3v) is 9.95. The summed E-state index contributed by atoms with van der Waals surface area (Å²) in [6, 6.07) is 0. The number of hydrogen-bond donors (Lipinski definition) is 0. The van der Waals surface area contributed by atoms with E-state index in [4.69, 9.17) is 9.47 Å². The molecule has 0 amide bonds. The van der Waals surface area contributed by atoms with Crippen LogP contribution >= 0.6 is 0 Å². The monoisotopic (exact) mass is 430 g/mol. The van der Waals surface area contributed by atoms with Gasteiger partial charge in [0.25, 0.3) is 0 Å². The van der Waals surface area contributed by atoms with Crippen LogP contribution in [-0.4, -0.2) is 24.6 Å². The van der Waals surface area contributed by atoms with Crippen LogP contribution in [0.2, 0.25) is 0 Å². The van der Waals surface area contributed by atoms with Crippen LogP contribution in [0.1, 0.15) is 92.4 Å². The molecule has 174 valence electrons. The molecule has 0 bridgehead atoms. The fourth-order valence-corrected chi connectivity index (χ4v) is 8.56. The highest BCUT2D eigenvalue weighted by atomic mass is 16.5. The number of carbonyl (C=O) groups is 2. The topological polar surface area (TPSA) is 52.6 Å². The van der Waals surface area contributed by atoms with E-state index in [2.05, 4.69) is 26.8 Å². The van der Waals surface area contributed by atoms with Crippen molar-refractivity contribution in [3.63, 3.8) is 0 Å². The fourth-order valence-electron chi connectivity index (χ4n) is 8.56. The Hall–Kier alpha value is -1.32. The second-order valence-corrected chi connectivity index (χ2v) is 11.4. The summed E-state index contributed by atoms with van der Waals surface area (Å²) < 4.78 is 10.8. The van der Waals surface area contributed by atoms with E-state index >= 15 is 0 Å². The maximum atomic E-state index is 12.1. The predicted molar refractivity (Wildman–Crippen MR) is 121 cm³/mol. The first kappa shape index (κ1) is 22.9. The highest BCUT2D eigenvalue weighted by molar-refractivity contribution is 5.69. The Morgan fingerprint density at radius 2 is 1.90 bits per heavy atom. The van der Waals surface area contributed by atoms with E-state index in [1.54, 1.807) is 5.57 Å². The van der Waals surface area contributed by atoms with Gasteiger partial charge in [-0.1, -0.05) is 32.4 Å². The van der Waals surface area contributed by atoms with Crippen molar-refractivity contribution in [1.29, 1.82) is 0 Å². The summed E-state index contributed by atoms with van der Waals surface area (Å²) in [6.07, 6.45) is 12.6. The SMILES string of the molecule is CCOC(=O)CC(C)C1CCC2C3CC=C4CC(OC(C)=O)CC[C@]4(C)C3CC[C@]12C. The molecule has 3 saturated carbocycles. The molecule has 0 heterocycles. The van der Waals surface area contributed by atoms with Crippen molar-refractivity contribution in [2.24, 2.45) is 40.4 Å². The van der Waals surface area contributed by atoms with E-state index in [-0.39, 0.29) is 23.5 Å². The van der Waals surface area contributed by atoms with Crippen LogP contribution in [0.4, 0.5) is 0 Å². The molecule has 0 N–H and O–H groups in total. The Bertz CT molecular complexity index is 742. The molecule has 0 saturated heterocycles. The van der Waals surface area contributed by atoms with E-state index in [0.717, 1.165) is 37.0 Å². The first-order chi connectivity index (χ1) is 14.7. The number of rotatable bonds is 5. The van der Waals surface area contributed by atoms with Crippen molar-refractivity contribution in [3.05, 3.63) is 11.6 Å². The normalized spacial score (nSPS) is 42.5. The molecule has 0 aromatic rings. The minimum absolute atomic E-state index is 0.0296. The Morgan fingerprint density at radius 3 is 2.61 bits per heavy atom. The van der Waals surface area contributed by atoms with Crippen molar-refractivity contribution < 1.29 is 19.1 Å². The minimum Gasteiger partial charge on any atom is -0.466 e. The molecular formula is C27H42O4. The Labute approximate surface area is 188 Å². The number of carbonyl (C=O) groups excluding carboxylic acids is 2. The predicted octanol–water partition coefficient (Wildman–Crippen LogP) is 6.09. The average Bonchev–Trinajstić information content (AvgIpc) is 3.05. The van der Waals surface area contributed by atoms with E-state index in [9.17, 15) is 9.59 Å². The molecule has 3 fully saturated rings. The highest BCUT2D eigenvalue weighted by Crippen LogP contribution is 2.67. The zero-order chi connectivity index (χ0) is 22.4. The summed E-state index contributed by atoms with van der Waals surface area (Å²) in [4.78, 5) is 23.6. The van der Waals surface area contributed by atoms with Gasteiger partial charge < -0.3 is 9.47 Å². The lowest BCUT2D eigenvalue weighted by Crippen LogP contribution is -2.51. The summed E-state index contributed by atoms with van der Waals surface area (Å²) >= 11 is 0. The van der Waals surface area contributed by atoms with Gasteiger partial charge in [0, 0.05) is 19.8 Å². The number of allylic oxidation sites excluding steroid dienone is 1. The van der Waals surface area contributed by atoms with Crippen molar-refractivity contribution >= 4 is 11.9 Å². The molecule has 4 heteroatoms. The summed E-state index contributed by atoms with van der Waals surface area (Å²) in [5.41, 5.74) is 2.18. The lowest BCUT2D eigenvalue weighted by molar-refractivity contribution is -0.149. The maximum Gasteiger partial charge on any atom is 0.306 e. The Kier molecular flexibility index (Phi) is 6.31. The summed E-state index contributed by atoms with van der Waals surface area (Å²) in [7, 11) is 0. The molecule has 0 aromatic heterocycles. The third kappa shape index (κ3) is 3.97. The minimum atomic E-state index is -0.148. The molecule has 0 radical (unpaired) electrons. The van der Waals surface area contributed by atoms with Crippen LogP contribution in [0, 0.1) is 40.4 Å². The summed E-state index contributed by atoms with van der Waals surface area (Å²) in [5.74, 6) is 3.13. The molecule has 8 atom stereocenters. The van der Waals surface area contributed by atoms with Gasteiger partial charge in [0.2, 0.25) is 0 Å². The molecule has 4 aliphatic carbocycles. The summed E-state index contributed by atoms with van der Waals surface area (Å²) in [6.45, 7) is 11.2. The zero-order valence-corrected chi connectivity index (χ0v) is 20.2. The van der Waals surface area contributed by atoms with Crippen LogP contribution in [0.25, 0.3) is 0 Å². The van der Waals surface area contributed by atoms with Crippen molar-refractivity contribution in [3.8, 4) is 0 Å². The molecule has 0 spiro atoms. The molecule has 4 nitrogen and oxygen atoms in total. The molecule has 4 aliphatic rings. The van der Waals surface area contributed by atoms with Gasteiger partial charge in [0.15, 0.2) is 0 Å². The largest absolute Gasteiger partial charge is 0.466 e. The van der Waals surface area contributed by atoms with Gasteiger partial charge in [-0.05, 0) is 92.3 Å². The van der Waals surface area contributed by atoms with Gasteiger partial charge >= 0.3 is 11.9 Å². The average molecular weight is 431 g/mol. The van der Waals surface area contributed by atoms with Crippen LogP contribution < -0.4 is 0 Å². The quantitative estimate of drug-likeness (QED) is 0.391. The fraction of sp³-hybridized carbons (Fsp3) is 0.852. The van der Waals surface area contributed by atoms with Crippen LogP contribution in [-0.2, 0) is 19.1 Å². The second-order valence-electron chi connectivity index (χ2n) is 11.4. The Balaban J connectivity index is 1.50. The van der Waals surface area contributed by atoms with Gasteiger partial charge in [-0.3, -0.25) is 9.59 Å². The van der Waals surface area contributed by atoms with E-state index < -0.39 is 0 Å². The smallest absolute Gasteiger partial charge is 0.306 e. The van der Waals surface area contributed by atoms with E-state index in [1.807, 2.05) is 6.92 Å². The van der Waals surface area contributed by atoms with Crippen molar-refractivity contribution in [2.45, 2.75) is 98.5 Å². The molecule has 4 rings (SSSR count). The first-order valence-corrected chi connectivity index (χ1v) is 12.7. The first-order valence-electron chi connectivity index (χ1n) is 12.7. The van der Waals surface area contributed by atoms with Gasteiger partial charge in [0.05, 0.1) is 6.61 Å². The number of esters is 2. The van der Waals surface area contributed by atoms with Gasteiger partial charge in [-0.2, -0.15) is 0 Å². The Morgan fingerprint density at radius 1 is 1.13 bits per heavy atom. The van der Waals surface area contributed by atoms with Crippen LogP contribution in [0.15, 0.2) is 11.6 Å². The molecule has 0 aromatic carbocycles. The lowest BCUT2D eigenvalue weighted by Gasteiger charge is -2.58. The van der Waals surface area contributed by atoms with Gasteiger partial charge in [-0.25, -0.2) is 0 Å². The highest BCUT2D eigenvalue weighted by Gasteiger charge is 2.59. The third-order valence-electron chi connectivity index (χ3n) is 9.95. The van der Waals surface area contributed by atoms with Gasteiger partial charge in [0.1, 0.15) is 6.10 Å². The number of hydrogen-bond acceptors (Lipinski definition) is 4. The van der Waals surface area contributed by atoms with E-state index in [0.29, 0.717) is 30.3 Å². The van der Waals surface area contributed by atoms with Crippen LogP contribution in [0.5, 0.6) is 0 Å². The molecular weight excluding hydrogens is 388 g/mol. The zero-order valence-electron chi connectivity index (χ0n) is 20.2. The lowest BCUT2D eigenvalue weighted by atomic mass is 9.47. The molecule has 31 heavy (non-hydrogen) atoms. The van der Waals surface area contributed by atoms with E-state index in [1.165, 1.54) is 39.0 Å². The van der Waals surface area contributed by atoms with Crippen LogP contribution in [0.3, 0.4) is 0 Å². The number of fused-ring (bicyclic) bond motifs is 5. The second kappa shape index (κ2) is 8.56. The standard InChI is InChI=1S/C27H42O4/c1-6-30-25(29)15-17(2)22-9-10-23-21-8-7-19-16-20(31-18(3)28)11-13-26(19,4)24(21)12-14-27(22,23)5/h7,17,20-24H,6,8-16H2,1-5H3/t17?,20?,21?,22?,23?,24?,26-,27+/m0/s1. The van der Waals surface area contributed by atoms with Crippen molar-refractivity contribution in [2.75, 3.05) is 6.61 Å². The van der Waals surface area contributed by atoms with Gasteiger partial charge in [-0.15, -0.1) is 0 Å².